The lowest BCUT2D eigenvalue weighted by atomic mass is 10.1. The zero-order chi connectivity index (χ0) is 20.3. The molecule has 1 unspecified atom stereocenters. The predicted molar refractivity (Wildman–Crippen MR) is 109 cm³/mol. The lowest BCUT2D eigenvalue weighted by Crippen LogP contribution is -2.38. The fraction of sp³-hybridized carbons (Fsp3) is 0.286. The van der Waals surface area contributed by atoms with Gasteiger partial charge in [0.05, 0.1) is 23.2 Å². The molecule has 2 aromatic rings. The fourth-order valence-corrected chi connectivity index (χ4v) is 3.37. The highest BCUT2D eigenvalue weighted by molar-refractivity contribution is 6.33. The third-order valence-corrected chi connectivity index (χ3v) is 4.98. The van der Waals surface area contributed by atoms with E-state index in [0.29, 0.717) is 17.3 Å². The molecule has 1 aliphatic rings. The summed E-state index contributed by atoms with van der Waals surface area (Å²) in [7, 11) is 0. The molecule has 6 nitrogen and oxygen atoms in total. The first-order chi connectivity index (χ1) is 13.3. The van der Waals surface area contributed by atoms with Crippen molar-refractivity contribution in [3.63, 3.8) is 0 Å². The maximum atomic E-state index is 12.4. The van der Waals surface area contributed by atoms with Gasteiger partial charge >= 0.3 is 0 Å². The molecule has 0 aromatic heterocycles. The summed E-state index contributed by atoms with van der Waals surface area (Å²) in [5.74, 6) is -1.27. The van der Waals surface area contributed by atoms with Crippen LogP contribution in [0.25, 0.3) is 0 Å². The van der Waals surface area contributed by atoms with E-state index in [1.165, 1.54) is 0 Å². The topological polar surface area (TPSA) is 78.5 Å². The van der Waals surface area contributed by atoms with Crippen molar-refractivity contribution in [1.82, 2.24) is 5.32 Å². The standard InChI is InChI=1S/C21H22ClN3O3/c1-13-3-6-16(7-4-13)25-12-15(10-20(25)27)21(28)23-11-19(26)24-18-8-5-14(2)9-17(18)22/h3-9,15H,10-12H2,1-2H3,(H,23,28)(H,24,26). The number of rotatable bonds is 5. The minimum absolute atomic E-state index is 0.0973. The molecule has 0 spiro atoms. The van der Waals surface area contributed by atoms with Crippen LogP contribution in [0.2, 0.25) is 5.02 Å². The first-order valence-corrected chi connectivity index (χ1v) is 9.42. The van der Waals surface area contributed by atoms with E-state index < -0.39 is 5.92 Å². The Labute approximate surface area is 168 Å². The van der Waals surface area contributed by atoms with Crippen molar-refractivity contribution in [3.05, 3.63) is 58.6 Å². The molecule has 3 amide bonds. The van der Waals surface area contributed by atoms with Crippen LogP contribution in [0.3, 0.4) is 0 Å². The molecule has 28 heavy (non-hydrogen) atoms. The number of hydrogen-bond acceptors (Lipinski definition) is 3. The minimum Gasteiger partial charge on any atom is -0.347 e. The minimum atomic E-state index is -0.482. The molecule has 0 aliphatic carbocycles. The SMILES string of the molecule is Cc1ccc(N2CC(C(=O)NCC(=O)Nc3ccc(C)cc3Cl)CC2=O)cc1. The van der Waals surface area contributed by atoms with E-state index in [9.17, 15) is 14.4 Å². The van der Waals surface area contributed by atoms with E-state index in [0.717, 1.165) is 16.8 Å². The Bertz CT molecular complexity index is 912. The molecule has 1 aliphatic heterocycles. The van der Waals surface area contributed by atoms with E-state index in [2.05, 4.69) is 10.6 Å². The molecule has 2 N–H and O–H groups in total. The Balaban J connectivity index is 1.53. The summed E-state index contributed by atoms with van der Waals surface area (Å²) in [5, 5.41) is 5.71. The lowest BCUT2D eigenvalue weighted by Gasteiger charge is -2.17. The number of nitrogens with one attached hydrogen (secondary N) is 2. The van der Waals surface area contributed by atoms with E-state index in [1.54, 1.807) is 17.0 Å². The van der Waals surface area contributed by atoms with Crippen LogP contribution < -0.4 is 15.5 Å². The van der Waals surface area contributed by atoms with Gasteiger partial charge in [-0.1, -0.05) is 35.4 Å². The summed E-state index contributed by atoms with van der Waals surface area (Å²) in [6, 6.07) is 12.9. The zero-order valence-corrected chi connectivity index (χ0v) is 16.5. The molecule has 7 heteroatoms. The van der Waals surface area contributed by atoms with Gasteiger partial charge in [-0.25, -0.2) is 0 Å². The Morgan fingerprint density at radius 2 is 1.79 bits per heavy atom. The molecule has 146 valence electrons. The smallest absolute Gasteiger partial charge is 0.243 e. The second-order valence-electron chi connectivity index (χ2n) is 6.99. The van der Waals surface area contributed by atoms with Crippen molar-refractivity contribution in [2.45, 2.75) is 20.3 Å². The number of aryl methyl sites for hydroxylation is 2. The Morgan fingerprint density at radius 3 is 2.46 bits per heavy atom. The third-order valence-electron chi connectivity index (χ3n) is 4.66. The molecule has 2 aromatic carbocycles. The molecule has 0 radical (unpaired) electrons. The molecule has 1 heterocycles. The summed E-state index contributed by atoms with van der Waals surface area (Å²) in [6.07, 6.45) is 0.130. The van der Waals surface area contributed by atoms with Crippen molar-refractivity contribution >= 4 is 40.7 Å². The monoisotopic (exact) mass is 399 g/mol. The highest BCUT2D eigenvalue weighted by atomic mass is 35.5. The molecule has 1 atom stereocenters. The third kappa shape index (κ3) is 4.70. The van der Waals surface area contributed by atoms with Crippen molar-refractivity contribution in [3.8, 4) is 0 Å². The van der Waals surface area contributed by atoms with Gasteiger partial charge in [-0.15, -0.1) is 0 Å². The van der Waals surface area contributed by atoms with Gasteiger partial charge in [-0.05, 0) is 43.7 Å². The van der Waals surface area contributed by atoms with Gasteiger partial charge in [0.15, 0.2) is 0 Å². The van der Waals surface area contributed by atoms with Gasteiger partial charge in [-0.3, -0.25) is 14.4 Å². The zero-order valence-electron chi connectivity index (χ0n) is 15.8. The largest absolute Gasteiger partial charge is 0.347 e. The molecular formula is C21H22ClN3O3. The first kappa shape index (κ1) is 19.9. The van der Waals surface area contributed by atoms with E-state index in [4.69, 9.17) is 11.6 Å². The normalized spacial score (nSPS) is 16.2. The van der Waals surface area contributed by atoms with Crippen LogP contribution in [0.4, 0.5) is 11.4 Å². The molecule has 1 fully saturated rings. The average molecular weight is 400 g/mol. The maximum absolute atomic E-state index is 12.4. The Hall–Kier alpha value is -2.86. The summed E-state index contributed by atoms with van der Waals surface area (Å²) >= 11 is 6.09. The number of carbonyl (C=O) groups is 3. The Kier molecular flexibility index (Phi) is 5.99. The molecule has 0 saturated carbocycles. The van der Waals surface area contributed by atoms with Crippen LogP contribution in [0.5, 0.6) is 0 Å². The number of carbonyl (C=O) groups excluding carboxylic acids is 3. The van der Waals surface area contributed by atoms with E-state index in [1.807, 2.05) is 44.2 Å². The van der Waals surface area contributed by atoms with Crippen molar-refractivity contribution in [2.24, 2.45) is 5.92 Å². The van der Waals surface area contributed by atoms with Gasteiger partial charge in [-0.2, -0.15) is 0 Å². The Morgan fingerprint density at radius 1 is 1.11 bits per heavy atom. The van der Waals surface area contributed by atoms with Crippen molar-refractivity contribution in [1.29, 1.82) is 0 Å². The second-order valence-corrected chi connectivity index (χ2v) is 7.40. The maximum Gasteiger partial charge on any atom is 0.243 e. The highest BCUT2D eigenvalue weighted by Gasteiger charge is 2.35. The highest BCUT2D eigenvalue weighted by Crippen LogP contribution is 2.25. The number of hydrogen-bond donors (Lipinski definition) is 2. The van der Waals surface area contributed by atoms with E-state index >= 15 is 0 Å². The van der Waals surface area contributed by atoms with Crippen LogP contribution in [0.15, 0.2) is 42.5 Å². The summed E-state index contributed by atoms with van der Waals surface area (Å²) in [6.45, 7) is 4.00. The number of anilines is 2. The molecule has 1 saturated heterocycles. The summed E-state index contributed by atoms with van der Waals surface area (Å²) in [4.78, 5) is 38.4. The van der Waals surface area contributed by atoms with Gasteiger partial charge < -0.3 is 15.5 Å². The fourth-order valence-electron chi connectivity index (χ4n) is 3.09. The quantitative estimate of drug-likeness (QED) is 0.811. The second kappa shape index (κ2) is 8.44. The first-order valence-electron chi connectivity index (χ1n) is 9.04. The number of halogens is 1. The van der Waals surface area contributed by atoms with Gasteiger partial charge in [0.25, 0.3) is 0 Å². The molecular weight excluding hydrogens is 378 g/mol. The lowest BCUT2D eigenvalue weighted by molar-refractivity contribution is -0.127. The summed E-state index contributed by atoms with van der Waals surface area (Å²) < 4.78 is 0. The van der Waals surface area contributed by atoms with E-state index in [-0.39, 0.29) is 30.7 Å². The van der Waals surface area contributed by atoms with Crippen LogP contribution in [-0.4, -0.2) is 30.8 Å². The van der Waals surface area contributed by atoms with Crippen LogP contribution in [0.1, 0.15) is 17.5 Å². The van der Waals surface area contributed by atoms with Crippen LogP contribution >= 0.6 is 11.6 Å². The molecule has 0 bridgehead atoms. The number of nitrogens with zero attached hydrogens (tertiary/aromatic N) is 1. The average Bonchev–Trinajstić information content (AvgIpc) is 3.04. The van der Waals surface area contributed by atoms with Crippen LogP contribution in [-0.2, 0) is 14.4 Å². The predicted octanol–water partition coefficient (Wildman–Crippen LogP) is 3.06. The summed E-state index contributed by atoms with van der Waals surface area (Å²) in [5.41, 5.74) is 3.36. The van der Waals surface area contributed by atoms with Crippen LogP contribution in [0, 0.1) is 19.8 Å². The molecule has 3 rings (SSSR count). The van der Waals surface area contributed by atoms with Crippen molar-refractivity contribution in [2.75, 3.05) is 23.3 Å². The number of benzene rings is 2. The van der Waals surface area contributed by atoms with Gasteiger partial charge in [0.1, 0.15) is 0 Å². The van der Waals surface area contributed by atoms with Crippen molar-refractivity contribution < 1.29 is 14.4 Å². The van der Waals surface area contributed by atoms with Gasteiger partial charge in [0.2, 0.25) is 17.7 Å². The number of amides is 3. The van der Waals surface area contributed by atoms with Gasteiger partial charge in [0, 0.05) is 18.7 Å².